The molecule has 0 aliphatic rings. The van der Waals surface area contributed by atoms with Crippen LogP contribution in [0, 0.1) is 0 Å². The molecule has 0 rings (SSSR count). The average Bonchev–Trinajstić information content (AvgIpc) is 2.30. The Morgan fingerprint density at radius 3 is 2.00 bits per heavy atom. The number of alkyl halides is 4. The maximum Gasteiger partial charge on any atom is 0.323 e. The lowest BCUT2D eigenvalue weighted by molar-refractivity contribution is -0.156. The molecule has 0 saturated carbocycles. The second-order valence-electron chi connectivity index (χ2n) is 3.14. The Balaban J connectivity index is 4.08. The summed E-state index contributed by atoms with van der Waals surface area (Å²) >= 11 is 0. The van der Waals surface area contributed by atoms with Gasteiger partial charge in [0.15, 0.2) is 13.2 Å². The van der Waals surface area contributed by atoms with Crippen LogP contribution in [0.4, 0.5) is 17.6 Å². The molecule has 1 N–H and O–H groups in total. The fourth-order valence-electron chi connectivity index (χ4n) is 0.930. The molecular weight excluding hydrogens is 262 g/mol. The van der Waals surface area contributed by atoms with Crippen molar-refractivity contribution >= 4 is 11.9 Å². The third-order valence-corrected chi connectivity index (χ3v) is 1.73. The minimum absolute atomic E-state index is 0.578. The van der Waals surface area contributed by atoms with Crippen molar-refractivity contribution in [3.63, 3.8) is 0 Å². The molecule has 106 valence electrons. The van der Waals surface area contributed by atoms with Gasteiger partial charge in [-0.15, -0.1) is 0 Å². The summed E-state index contributed by atoms with van der Waals surface area (Å²) in [6.07, 6.45) is -6.21. The zero-order valence-electron chi connectivity index (χ0n) is 9.50. The first kappa shape index (κ1) is 16.6. The van der Waals surface area contributed by atoms with Crippen molar-refractivity contribution < 1.29 is 36.6 Å². The summed E-state index contributed by atoms with van der Waals surface area (Å²) in [5.41, 5.74) is 0. The van der Waals surface area contributed by atoms with Crippen molar-refractivity contribution in [2.24, 2.45) is 0 Å². The summed E-state index contributed by atoms with van der Waals surface area (Å²) in [6.45, 7) is -2.18. The molecule has 0 aliphatic heterocycles. The predicted molar refractivity (Wildman–Crippen MR) is 51.4 cm³/mol. The van der Waals surface area contributed by atoms with Crippen molar-refractivity contribution in [1.82, 2.24) is 5.32 Å². The van der Waals surface area contributed by atoms with Crippen LogP contribution in [0.15, 0.2) is 0 Å². The van der Waals surface area contributed by atoms with Gasteiger partial charge in [-0.1, -0.05) is 0 Å². The van der Waals surface area contributed by atoms with Gasteiger partial charge < -0.3 is 14.8 Å². The second-order valence-corrected chi connectivity index (χ2v) is 3.14. The van der Waals surface area contributed by atoms with E-state index in [1.165, 1.54) is 7.05 Å². The van der Waals surface area contributed by atoms with Crippen molar-refractivity contribution in [3.05, 3.63) is 0 Å². The number of hydrogen-bond acceptors (Lipinski definition) is 5. The highest BCUT2D eigenvalue weighted by molar-refractivity contribution is 5.82. The summed E-state index contributed by atoms with van der Waals surface area (Å²) < 4.78 is 55.3. The summed E-state index contributed by atoms with van der Waals surface area (Å²) in [4.78, 5) is 22.2. The standard InChI is InChI=1S/C9H13F4NO4/c1-14-5(9(16)18-4-7(12)13)2-8(15)17-3-6(10)11/h5-7,14H,2-4H2,1H3. The molecule has 0 heterocycles. The number of halogens is 4. The van der Waals surface area contributed by atoms with Crippen LogP contribution in [-0.2, 0) is 19.1 Å². The van der Waals surface area contributed by atoms with Gasteiger partial charge in [0, 0.05) is 0 Å². The Morgan fingerprint density at radius 2 is 1.56 bits per heavy atom. The molecule has 0 spiro atoms. The summed E-state index contributed by atoms with van der Waals surface area (Å²) in [5, 5.41) is 2.34. The highest BCUT2D eigenvalue weighted by Crippen LogP contribution is 2.02. The minimum Gasteiger partial charge on any atom is -0.460 e. The number of nitrogens with one attached hydrogen (secondary N) is 1. The van der Waals surface area contributed by atoms with Gasteiger partial charge in [-0.25, -0.2) is 17.6 Å². The van der Waals surface area contributed by atoms with Crippen LogP contribution < -0.4 is 5.32 Å². The number of rotatable bonds is 8. The maximum atomic E-state index is 11.8. The SMILES string of the molecule is CNC(CC(=O)OCC(F)F)C(=O)OCC(F)F. The number of ether oxygens (including phenoxy) is 2. The fraction of sp³-hybridized carbons (Fsp3) is 0.778. The van der Waals surface area contributed by atoms with Crippen molar-refractivity contribution in [3.8, 4) is 0 Å². The van der Waals surface area contributed by atoms with Gasteiger partial charge >= 0.3 is 11.9 Å². The lowest BCUT2D eigenvalue weighted by atomic mass is 10.2. The average molecular weight is 275 g/mol. The van der Waals surface area contributed by atoms with Gasteiger partial charge in [-0.2, -0.15) is 0 Å². The first-order valence-corrected chi connectivity index (χ1v) is 4.92. The molecule has 0 bridgehead atoms. The third kappa shape index (κ3) is 7.82. The maximum absolute atomic E-state index is 11.8. The van der Waals surface area contributed by atoms with E-state index in [9.17, 15) is 27.2 Å². The van der Waals surface area contributed by atoms with Crippen LogP contribution in [0.5, 0.6) is 0 Å². The molecule has 1 unspecified atom stereocenters. The highest BCUT2D eigenvalue weighted by atomic mass is 19.3. The second kappa shape index (κ2) is 8.67. The van der Waals surface area contributed by atoms with E-state index in [2.05, 4.69) is 14.8 Å². The van der Waals surface area contributed by atoms with E-state index in [1.54, 1.807) is 0 Å². The molecule has 0 aliphatic carbocycles. The molecule has 0 fully saturated rings. The van der Waals surface area contributed by atoms with Gasteiger partial charge in [0.05, 0.1) is 6.42 Å². The van der Waals surface area contributed by atoms with Crippen LogP contribution in [0.1, 0.15) is 6.42 Å². The molecule has 0 aromatic carbocycles. The molecule has 0 radical (unpaired) electrons. The minimum atomic E-state index is -2.82. The number of hydrogen-bond donors (Lipinski definition) is 1. The van der Waals surface area contributed by atoms with Crippen molar-refractivity contribution in [2.45, 2.75) is 25.3 Å². The Hall–Kier alpha value is -1.38. The number of likely N-dealkylation sites (N-methyl/N-ethyl adjacent to an activating group) is 1. The number of carbonyl (C=O) groups excluding carboxylic acids is 2. The van der Waals surface area contributed by atoms with Gasteiger partial charge in [0.1, 0.15) is 6.04 Å². The van der Waals surface area contributed by atoms with Crippen LogP contribution in [0.3, 0.4) is 0 Å². The monoisotopic (exact) mass is 275 g/mol. The quantitative estimate of drug-likeness (QED) is 0.518. The van der Waals surface area contributed by atoms with Gasteiger partial charge in [-0.05, 0) is 7.05 Å². The fourth-order valence-corrected chi connectivity index (χ4v) is 0.930. The molecular formula is C9H13F4NO4. The van der Waals surface area contributed by atoms with E-state index in [-0.39, 0.29) is 0 Å². The zero-order chi connectivity index (χ0) is 14.1. The van der Waals surface area contributed by atoms with Gasteiger partial charge in [0.25, 0.3) is 12.9 Å². The molecule has 18 heavy (non-hydrogen) atoms. The molecule has 0 saturated heterocycles. The normalized spacial score (nSPS) is 12.6. The summed E-state index contributed by atoms with van der Waals surface area (Å²) in [6, 6.07) is -1.21. The van der Waals surface area contributed by atoms with E-state index in [0.29, 0.717) is 0 Å². The Kier molecular flexibility index (Phi) is 8.01. The third-order valence-electron chi connectivity index (χ3n) is 1.73. The highest BCUT2D eigenvalue weighted by Gasteiger charge is 2.24. The predicted octanol–water partition coefficient (Wildman–Crippen LogP) is 0.581. The Labute approximate surface area is 100 Å². The molecule has 0 amide bonds. The largest absolute Gasteiger partial charge is 0.460 e. The summed E-state index contributed by atoms with van der Waals surface area (Å²) in [5.74, 6) is -2.13. The number of esters is 2. The first-order valence-electron chi connectivity index (χ1n) is 4.92. The van der Waals surface area contributed by atoms with Crippen LogP contribution >= 0.6 is 0 Å². The topological polar surface area (TPSA) is 64.6 Å². The molecule has 0 aromatic heterocycles. The molecule has 9 heteroatoms. The summed E-state index contributed by atoms with van der Waals surface area (Å²) in [7, 11) is 1.29. The van der Waals surface area contributed by atoms with Crippen LogP contribution in [0.2, 0.25) is 0 Å². The number of carbonyl (C=O) groups is 2. The van der Waals surface area contributed by atoms with Crippen LogP contribution in [-0.4, -0.2) is 51.1 Å². The van der Waals surface area contributed by atoms with E-state index >= 15 is 0 Å². The molecule has 1 atom stereocenters. The van der Waals surface area contributed by atoms with Gasteiger partial charge in [0.2, 0.25) is 0 Å². The first-order chi connectivity index (χ1) is 8.36. The van der Waals surface area contributed by atoms with Crippen LogP contribution in [0.25, 0.3) is 0 Å². The lowest BCUT2D eigenvalue weighted by Gasteiger charge is -2.14. The Morgan fingerprint density at radius 1 is 1.06 bits per heavy atom. The lowest BCUT2D eigenvalue weighted by Crippen LogP contribution is -2.38. The molecule has 5 nitrogen and oxygen atoms in total. The van der Waals surface area contributed by atoms with Crippen molar-refractivity contribution in [1.29, 1.82) is 0 Å². The van der Waals surface area contributed by atoms with E-state index in [1.807, 2.05) is 0 Å². The van der Waals surface area contributed by atoms with Crippen molar-refractivity contribution in [2.75, 3.05) is 20.3 Å². The Bertz CT molecular complexity index is 275. The van der Waals surface area contributed by atoms with E-state index in [0.717, 1.165) is 0 Å². The molecule has 0 aromatic rings. The van der Waals surface area contributed by atoms with E-state index < -0.39 is 50.5 Å². The zero-order valence-corrected chi connectivity index (χ0v) is 9.50. The van der Waals surface area contributed by atoms with E-state index in [4.69, 9.17) is 0 Å². The smallest absolute Gasteiger partial charge is 0.323 e. The van der Waals surface area contributed by atoms with Gasteiger partial charge in [-0.3, -0.25) is 9.59 Å².